The molecule has 2 N–H and O–H groups in total. The highest BCUT2D eigenvalue weighted by molar-refractivity contribution is 7.89. The van der Waals surface area contributed by atoms with Crippen LogP contribution in [0.4, 0.5) is 0 Å². The van der Waals surface area contributed by atoms with Gasteiger partial charge in [-0.3, -0.25) is 4.99 Å². The number of aliphatic imine (C=N–C) groups is 1. The van der Waals surface area contributed by atoms with Crippen molar-refractivity contribution in [1.82, 2.24) is 19.9 Å². The zero-order valence-electron chi connectivity index (χ0n) is 14.5. The van der Waals surface area contributed by atoms with Gasteiger partial charge in [-0.25, -0.2) is 17.7 Å². The number of guanidine groups is 1. The molecule has 132 valence electrons. The Morgan fingerprint density at radius 2 is 2.04 bits per heavy atom. The fraction of sp³-hybridized carbons (Fsp3) is 0.714. The largest absolute Gasteiger partial charge is 0.356 e. The zero-order valence-corrected chi connectivity index (χ0v) is 16.1. The number of hydrogen-bond acceptors (Lipinski definition) is 5. The van der Waals surface area contributed by atoms with Crippen molar-refractivity contribution < 1.29 is 8.42 Å². The van der Waals surface area contributed by atoms with Crippen LogP contribution in [0, 0.1) is 13.8 Å². The van der Waals surface area contributed by atoms with E-state index < -0.39 is 10.0 Å². The first-order valence-corrected chi connectivity index (χ1v) is 10.0. The molecule has 0 radical (unpaired) electrons. The van der Waals surface area contributed by atoms with Crippen molar-refractivity contribution in [1.29, 1.82) is 0 Å². The summed E-state index contributed by atoms with van der Waals surface area (Å²) in [6.07, 6.45) is 0.717. The van der Waals surface area contributed by atoms with Crippen LogP contribution in [0.15, 0.2) is 4.99 Å². The molecule has 0 bridgehead atoms. The Bertz CT molecular complexity index is 625. The Labute approximate surface area is 143 Å². The number of rotatable bonds is 8. The molecule has 1 aromatic rings. The van der Waals surface area contributed by atoms with Gasteiger partial charge in [0.15, 0.2) is 5.96 Å². The van der Waals surface area contributed by atoms with Crippen LogP contribution < -0.4 is 10.6 Å². The Morgan fingerprint density at radius 1 is 1.35 bits per heavy atom. The summed E-state index contributed by atoms with van der Waals surface area (Å²) in [5, 5.41) is 7.50. The van der Waals surface area contributed by atoms with Crippen molar-refractivity contribution in [3.8, 4) is 0 Å². The van der Waals surface area contributed by atoms with Crippen LogP contribution in [-0.2, 0) is 16.6 Å². The van der Waals surface area contributed by atoms with E-state index in [1.165, 1.54) is 9.18 Å². The molecule has 0 aromatic carbocycles. The normalized spacial score (nSPS) is 12.7. The highest BCUT2D eigenvalue weighted by Crippen LogP contribution is 2.16. The Kier molecular flexibility index (Phi) is 7.93. The number of thiazole rings is 1. The first-order valence-electron chi connectivity index (χ1n) is 7.61. The maximum atomic E-state index is 11.6. The summed E-state index contributed by atoms with van der Waals surface area (Å²) < 4.78 is 24.7. The van der Waals surface area contributed by atoms with Gasteiger partial charge in [-0.05, 0) is 27.2 Å². The van der Waals surface area contributed by atoms with Crippen LogP contribution in [-0.4, -0.2) is 56.6 Å². The lowest BCUT2D eigenvalue weighted by Gasteiger charge is -2.16. The third-order valence-electron chi connectivity index (χ3n) is 3.42. The zero-order chi connectivity index (χ0) is 17.5. The average Bonchev–Trinajstić information content (AvgIpc) is 2.84. The van der Waals surface area contributed by atoms with Crippen LogP contribution in [0.2, 0.25) is 0 Å². The fourth-order valence-corrected chi connectivity index (χ4v) is 3.71. The second-order valence-corrected chi connectivity index (χ2v) is 8.82. The standard InChI is InChI=1S/C14H27N5O2S2/c1-6-23(20,21)19(5)9-7-8-16-14(15-4)17-10-13-11(2)18-12(3)22-13/h6-10H2,1-5H3,(H2,15,16,17). The van der Waals surface area contributed by atoms with Crippen molar-refractivity contribution in [2.75, 3.05) is 32.9 Å². The van der Waals surface area contributed by atoms with Crippen molar-refractivity contribution in [3.05, 3.63) is 15.6 Å². The van der Waals surface area contributed by atoms with Crippen LogP contribution in [0.3, 0.4) is 0 Å². The van der Waals surface area contributed by atoms with Gasteiger partial charge in [0.1, 0.15) is 0 Å². The number of aryl methyl sites for hydroxylation is 2. The van der Waals surface area contributed by atoms with Crippen LogP contribution in [0.5, 0.6) is 0 Å². The summed E-state index contributed by atoms with van der Waals surface area (Å²) in [6, 6.07) is 0. The summed E-state index contributed by atoms with van der Waals surface area (Å²) in [4.78, 5) is 9.76. The number of sulfonamides is 1. The summed E-state index contributed by atoms with van der Waals surface area (Å²) >= 11 is 1.67. The second kappa shape index (κ2) is 9.19. The first kappa shape index (κ1) is 19.9. The molecule has 1 aromatic heterocycles. The monoisotopic (exact) mass is 361 g/mol. The minimum atomic E-state index is -3.10. The molecule has 1 heterocycles. The van der Waals surface area contributed by atoms with Gasteiger partial charge in [0.25, 0.3) is 0 Å². The van der Waals surface area contributed by atoms with Crippen molar-refractivity contribution in [2.45, 2.75) is 33.7 Å². The molecule has 0 atom stereocenters. The van der Waals surface area contributed by atoms with Gasteiger partial charge >= 0.3 is 0 Å². The molecular formula is C14H27N5O2S2. The van der Waals surface area contributed by atoms with E-state index in [0.717, 1.165) is 17.1 Å². The van der Waals surface area contributed by atoms with Gasteiger partial charge < -0.3 is 10.6 Å². The predicted octanol–water partition coefficient (Wildman–Crippen LogP) is 1.10. The quantitative estimate of drug-likeness (QED) is 0.411. The molecular weight excluding hydrogens is 334 g/mol. The Hall–Kier alpha value is -1.19. The molecule has 0 saturated heterocycles. The lowest BCUT2D eigenvalue weighted by Crippen LogP contribution is -2.38. The molecule has 0 unspecified atom stereocenters. The SMILES string of the molecule is CCS(=O)(=O)N(C)CCCNC(=NC)NCc1sc(C)nc1C. The molecule has 1 rings (SSSR count). The average molecular weight is 362 g/mol. The third kappa shape index (κ3) is 6.44. The van der Waals surface area contributed by atoms with Crippen LogP contribution >= 0.6 is 11.3 Å². The molecule has 23 heavy (non-hydrogen) atoms. The number of hydrogen-bond donors (Lipinski definition) is 2. The van der Waals surface area contributed by atoms with E-state index in [1.54, 1.807) is 32.4 Å². The van der Waals surface area contributed by atoms with E-state index >= 15 is 0 Å². The maximum Gasteiger partial charge on any atom is 0.213 e. The minimum Gasteiger partial charge on any atom is -0.356 e. The van der Waals surface area contributed by atoms with E-state index in [-0.39, 0.29) is 5.75 Å². The lowest BCUT2D eigenvalue weighted by molar-refractivity contribution is 0.461. The Balaban J connectivity index is 2.34. The van der Waals surface area contributed by atoms with E-state index in [2.05, 4.69) is 20.6 Å². The van der Waals surface area contributed by atoms with Gasteiger partial charge in [-0.15, -0.1) is 11.3 Å². The molecule has 0 aliphatic heterocycles. The van der Waals surface area contributed by atoms with Crippen molar-refractivity contribution in [2.24, 2.45) is 4.99 Å². The second-order valence-electron chi connectivity index (χ2n) is 5.17. The maximum absolute atomic E-state index is 11.6. The third-order valence-corrected chi connectivity index (χ3v) is 6.36. The number of nitrogens with one attached hydrogen (secondary N) is 2. The molecule has 0 aliphatic rings. The molecule has 0 spiro atoms. The lowest BCUT2D eigenvalue weighted by atomic mass is 10.4. The molecule has 9 heteroatoms. The molecule has 0 fully saturated rings. The number of nitrogens with zero attached hydrogens (tertiary/aromatic N) is 3. The predicted molar refractivity (Wildman–Crippen MR) is 96.5 cm³/mol. The first-order chi connectivity index (χ1) is 10.8. The molecule has 0 aliphatic carbocycles. The molecule has 0 saturated carbocycles. The Morgan fingerprint density at radius 3 is 2.57 bits per heavy atom. The van der Waals surface area contributed by atoms with Gasteiger partial charge in [0, 0.05) is 32.1 Å². The summed E-state index contributed by atoms with van der Waals surface area (Å²) in [5.41, 5.74) is 1.04. The van der Waals surface area contributed by atoms with Gasteiger partial charge in [0.05, 0.1) is 23.0 Å². The van der Waals surface area contributed by atoms with Gasteiger partial charge in [-0.2, -0.15) is 0 Å². The highest BCUT2D eigenvalue weighted by Gasteiger charge is 2.14. The molecule has 7 nitrogen and oxygen atoms in total. The fourth-order valence-electron chi connectivity index (χ4n) is 1.99. The summed E-state index contributed by atoms with van der Waals surface area (Å²) in [6.45, 7) is 7.48. The highest BCUT2D eigenvalue weighted by atomic mass is 32.2. The summed E-state index contributed by atoms with van der Waals surface area (Å²) in [7, 11) is 0.229. The van der Waals surface area contributed by atoms with E-state index in [0.29, 0.717) is 25.6 Å². The van der Waals surface area contributed by atoms with E-state index in [9.17, 15) is 8.42 Å². The minimum absolute atomic E-state index is 0.133. The van der Waals surface area contributed by atoms with Crippen molar-refractivity contribution >= 4 is 27.3 Å². The summed E-state index contributed by atoms with van der Waals surface area (Å²) in [5.74, 6) is 0.838. The van der Waals surface area contributed by atoms with Crippen LogP contribution in [0.25, 0.3) is 0 Å². The van der Waals surface area contributed by atoms with Crippen molar-refractivity contribution in [3.63, 3.8) is 0 Å². The van der Waals surface area contributed by atoms with E-state index in [4.69, 9.17) is 0 Å². The smallest absolute Gasteiger partial charge is 0.213 e. The van der Waals surface area contributed by atoms with Crippen LogP contribution in [0.1, 0.15) is 28.9 Å². The van der Waals surface area contributed by atoms with Gasteiger partial charge in [-0.1, -0.05) is 0 Å². The van der Waals surface area contributed by atoms with Gasteiger partial charge in [0.2, 0.25) is 10.0 Å². The topological polar surface area (TPSA) is 86.7 Å². The number of aromatic nitrogens is 1. The van der Waals surface area contributed by atoms with E-state index in [1.807, 2.05) is 13.8 Å². The molecule has 0 amide bonds.